The number of hydrogen-bond donors (Lipinski definition) is 1. The Kier molecular flexibility index (Phi) is 4.73. The Morgan fingerprint density at radius 3 is 3.06 bits per heavy atom. The molecular formula is C14H18N2OS. The second-order valence-corrected chi connectivity index (χ2v) is 4.90. The number of nitrogens with zero attached hydrogens (tertiary/aromatic N) is 1. The third-order valence-electron chi connectivity index (χ3n) is 2.91. The van der Waals surface area contributed by atoms with Crippen molar-refractivity contribution in [1.29, 1.82) is 0 Å². The van der Waals surface area contributed by atoms with Crippen molar-refractivity contribution < 1.29 is 4.74 Å². The summed E-state index contributed by atoms with van der Waals surface area (Å²) in [4.78, 5) is 4.27. The Hall–Kier alpha value is -1.39. The summed E-state index contributed by atoms with van der Waals surface area (Å²) in [5.41, 5.74) is 4.28. The highest BCUT2D eigenvalue weighted by molar-refractivity contribution is 7.07. The van der Waals surface area contributed by atoms with Crippen molar-refractivity contribution in [1.82, 2.24) is 10.3 Å². The summed E-state index contributed by atoms with van der Waals surface area (Å²) in [6.07, 6.45) is 0.970. The summed E-state index contributed by atoms with van der Waals surface area (Å²) in [5.74, 6) is 0.903. The lowest BCUT2D eigenvalue weighted by atomic mass is 10.1. The van der Waals surface area contributed by atoms with E-state index in [2.05, 4.69) is 34.7 Å². The van der Waals surface area contributed by atoms with E-state index in [1.165, 1.54) is 5.56 Å². The normalized spacial score (nSPS) is 12.3. The zero-order valence-electron chi connectivity index (χ0n) is 10.7. The average molecular weight is 262 g/mol. The Morgan fingerprint density at radius 1 is 1.44 bits per heavy atom. The molecule has 2 aromatic rings. The number of ether oxygens (including phenoxy) is 1. The van der Waals surface area contributed by atoms with Crippen molar-refractivity contribution in [2.24, 2.45) is 0 Å². The summed E-state index contributed by atoms with van der Waals surface area (Å²) in [7, 11) is 1.69. The molecule has 1 heterocycles. The van der Waals surface area contributed by atoms with Gasteiger partial charge >= 0.3 is 0 Å². The van der Waals surface area contributed by atoms with Gasteiger partial charge in [0.15, 0.2) is 0 Å². The molecule has 0 amide bonds. The number of thiazole rings is 1. The molecule has 0 saturated heterocycles. The molecule has 0 saturated carbocycles. The summed E-state index contributed by atoms with van der Waals surface area (Å²) in [5, 5.41) is 5.59. The summed E-state index contributed by atoms with van der Waals surface area (Å²) >= 11 is 1.64. The van der Waals surface area contributed by atoms with Crippen LogP contribution in [-0.2, 0) is 6.42 Å². The van der Waals surface area contributed by atoms with E-state index in [0.717, 1.165) is 24.4 Å². The quantitative estimate of drug-likeness (QED) is 0.869. The van der Waals surface area contributed by atoms with Gasteiger partial charge in [-0.1, -0.05) is 12.1 Å². The van der Waals surface area contributed by atoms with E-state index in [-0.39, 0.29) is 0 Å². The highest BCUT2D eigenvalue weighted by Gasteiger charge is 2.05. The van der Waals surface area contributed by atoms with Gasteiger partial charge in [-0.15, -0.1) is 11.3 Å². The number of nitrogens with one attached hydrogen (secondary N) is 1. The Morgan fingerprint density at radius 2 is 2.33 bits per heavy atom. The van der Waals surface area contributed by atoms with Crippen molar-refractivity contribution in [2.75, 3.05) is 13.7 Å². The largest absolute Gasteiger partial charge is 0.497 e. The molecule has 1 unspecified atom stereocenters. The predicted molar refractivity (Wildman–Crippen MR) is 75.2 cm³/mol. The lowest BCUT2D eigenvalue weighted by Crippen LogP contribution is -2.21. The number of methoxy groups -OCH3 is 1. The maximum atomic E-state index is 5.23. The summed E-state index contributed by atoms with van der Waals surface area (Å²) < 4.78 is 5.23. The van der Waals surface area contributed by atoms with E-state index in [1.54, 1.807) is 18.4 Å². The lowest BCUT2D eigenvalue weighted by Gasteiger charge is -2.14. The first-order valence-electron chi connectivity index (χ1n) is 6.04. The third-order valence-corrected chi connectivity index (χ3v) is 3.54. The van der Waals surface area contributed by atoms with E-state index in [9.17, 15) is 0 Å². The lowest BCUT2D eigenvalue weighted by molar-refractivity contribution is 0.413. The first kappa shape index (κ1) is 13.1. The van der Waals surface area contributed by atoms with Gasteiger partial charge in [0.25, 0.3) is 0 Å². The Labute approximate surface area is 112 Å². The maximum absolute atomic E-state index is 5.23. The van der Waals surface area contributed by atoms with Crippen LogP contribution in [0.1, 0.15) is 24.2 Å². The van der Waals surface area contributed by atoms with Crippen LogP contribution in [0.5, 0.6) is 5.75 Å². The molecule has 0 fully saturated rings. The van der Waals surface area contributed by atoms with E-state index < -0.39 is 0 Å². The monoisotopic (exact) mass is 262 g/mol. The molecule has 1 aromatic heterocycles. The molecule has 1 atom stereocenters. The van der Waals surface area contributed by atoms with Crippen LogP contribution in [0.15, 0.2) is 35.2 Å². The minimum absolute atomic E-state index is 0.318. The van der Waals surface area contributed by atoms with Gasteiger partial charge in [0.05, 0.1) is 18.3 Å². The Balaban J connectivity index is 1.85. The van der Waals surface area contributed by atoms with Gasteiger partial charge in [-0.25, -0.2) is 4.98 Å². The van der Waals surface area contributed by atoms with Crippen molar-refractivity contribution in [3.63, 3.8) is 0 Å². The van der Waals surface area contributed by atoms with Gasteiger partial charge in [0, 0.05) is 24.4 Å². The molecule has 0 aliphatic rings. The van der Waals surface area contributed by atoms with E-state index in [0.29, 0.717) is 6.04 Å². The minimum Gasteiger partial charge on any atom is -0.497 e. The standard InChI is InChI=1S/C14H18N2OS/c1-11(12-4-3-5-14(8-12)17-2)15-7-6-13-9-18-10-16-13/h3-5,8-11,15H,6-7H2,1-2H3. The van der Waals surface area contributed by atoms with Gasteiger partial charge in [0.1, 0.15) is 5.75 Å². The van der Waals surface area contributed by atoms with Crippen LogP contribution in [0.2, 0.25) is 0 Å². The molecule has 0 aliphatic carbocycles. The summed E-state index contributed by atoms with van der Waals surface area (Å²) in [6.45, 7) is 3.10. The highest BCUT2D eigenvalue weighted by atomic mass is 32.1. The van der Waals surface area contributed by atoms with Gasteiger partial charge in [-0.3, -0.25) is 0 Å². The smallest absolute Gasteiger partial charge is 0.119 e. The fourth-order valence-electron chi connectivity index (χ4n) is 1.81. The fraction of sp³-hybridized carbons (Fsp3) is 0.357. The van der Waals surface area contributed by atoms with Crippen LogP contribution in [-0.4, -0.2) is 18.6 Å². The zero-order chi connectivity index (χ0) is 12.8. The number of rotatable bonds is 6. The van der Waals surface area contributed by atoms with Crippen LogP contribution < -0.4 is 10.1 Å². The molecule has 0 bridgehead atoms. The molecule has 0 aliphatic heterocycles. The van der Waals surface area contributed by atoms with Crippen LogP contribution in [0.3, 0.4) is 0 Å². The third kappa shape index (κ3) is 3.55. The van der Waals surface area contributed by atoms with Gasteiger partial charge in [-0.2, -0.15) is 0 Å². The number of aromatic nitrogens is 1. The maximum Gasteiger partial charge on any atom is 0.119 e. The fourth-order valence-corrected chi connectivity index (χ4v) is 2.40. The molecule has 1 N–H and O–H groups in total. The molecule has 96 valence electrons. The first-order chi connectivity index (χ1) is 8.79. The molecule has 1 aromatic carbocycles. The molecule has 3 nitrogen and oxygen atoms in total. The topological polar surface area (TPSA) is 34.1 Å². The first-order valence-corrected chi connectivity index (χ1v) is 6.98. The van der Waals surface area contributed by atoms with Crippen LogP contribution >= 0.6 is 11.3 Å². The Bertz CT molecular complexity index is 470. The van der Waals surface area contributed by atoms with Gasteiger partial charge < -0.3 is 10.1 Å². The predicted octanol–water partition coefficient (Wildman–Crippen LogP) is 3.05. The molecule has 0 radical (unpaired) electrons. The van der Waals surface area contributed by atoms with Crippen LogP contribution in [0.4, 0.5) is 0 Å². The van der Waals surface area contributed by atoms with Crippen LogP contribution in [0.25, 0.3) is 0 Å². The van der Waals surface area contributed by atoms with E-state index >= 15 is 0 Å². The SMILES string of the molecule is COc1cccc(C(C)NCCc2cscn2)c1. The van der Waals surface area contributed by atoms with Gasteiger partial charge in [-0.05, 0) is 24.6 Å². The second kappa shape index (κ2) is 6.52. The average Bonchev–Trinajstić information content (AvgIpc) is 2.92. The highest BCUT2D eigenvalue weighted by Crippen LogP contribution is 2.18. The molecule has 4 heteroatoms. The van der Waals surface area contributed by atoms with Crippen molar-refractivity contribution >= 4 is 11.3 Å². The van der Waals surface area contributed by atoms with E-state index in [4.69, 9.17) is 4.74 Å². The van der Waals surface area contributed by atoms with Crippen LogP contribution in [0, 0.1) is 0 Å². The molecule has 2 rings (SSSR count). The number of benzene rings is 1. The van der Waals surface area contributed by atoms with Gasteiger partial charge in [0.2, 0.25) is 0 Å². The van der Waals surface area contributed by atoms with E-state index in [1.807, 2.05) is 17.6 Å². The molecule has 0 spiro atoms. The minimum atomic E-state index is 0.318. The number of hydrogen-bond acceptors (Lipinski definition) is 4. The summed E-state index contributed by atoms with van der Waals surface area (Å²) in [6, 6.07) is 8.49. The van der Waals surface area contributed by atoms with Crippen molar-refractivity contribution in [2.45, 2.75) is 19.4 Å². The molecular weight excluding hydrogens is 244 g/mol. The van der Waals surface area contributed by atoms with Crippen molar-refractivity contribution in [3.05, 3.63) is 46.4 Å². The van der Waals surface area contributed by atoms with Crippen molar-refractivity contribution in [3.8, 4) is 5.75 Å². The zero-order valence-corrected chi connectivity index (χ0v) is 11.5. The molecule has 18 heavy (non-hydrogen) atoms. The second-order valence-electron chi connectivity index (χ2n) is 4.18.